The molecule has 1 aromatic rings. The van der Waals surface area contributed by atoms with Gasteiger partial charge in [0, 0.05) is 12.5 Å². The molecule has 1 nitrogen and oxygen atoms in total. The van der Waals surface area contributed by atoms with Crippen molar-refractivity contribution in [2.45, 2.75) is 19.3 Å². The van der Waals surface area contributed by atoms with Crippen molar-refractivity contribution in [2.24, 2.45) is 5.92 Å². The topological polar surface area (TPSA) is 20.2 Å². The fraction of sp³-hybridized carbons (Fsp3) is 0.333. The van der Waals surface area contributed by atoms with Crippen molar-refractivity contribution in [3.05, 3.63) is 59.7 Å². The summed E-state index contributed by atoms with van der Waals surface area (Å²) in [6.07, 6.45) is 7.48. The number of aliphatic hydroxyl groups excluding tert-OH is 1. The zero-order valence-electron chi connectivity index (χ0n) is 9.63. The van der Waals surface area contributed by atoms with Crippen molar-refractivity contribution < 1.29 is 5.11 Å². The van der Waals surface area contributed by atoms with E-state index >= 15 is 0 Å². The Morgan fingerprint density at radius 1 is 1.25 bits per heavy atom. The average molecular weight is 214 g/mol. The fourth-order valence-electron chi connectivity index (χ4n) is 2.37. The van der Waals surface area contributed by atoms with Gasteiger partial charge in [0.25, 0.3) is 0 Å². The summed E-state index contributed by atoms with van der Waals surface area (Å²) in [6, 6.07) is 10.5. The molecule has 0 radical (unpaired) electrons. The summed E-state index contributed by atoms with van der Waals surface area (Å²) in [5, 5.41) is 9.38. The Hall–Kier alpha value is -1.34. The molecule has 2 rings (SSSR count). The van der Waals surface area contributed by atoms with Crippen LogP contribution in [0.2, 0.25) is 0 Å². The molecular weight excluding hydrogens is 196 g/mol. The highest BCUT2D eigenvalue weighted by Crippen LogP contribution is 2.35. The minimum atomic E-state index is 0.233. The van der Waals surface area contributed by atoms with Gasteiger partial charge in [-0.2, -0.15) is 0 Å². The average Bonchev–Trinajstić information content (AvgIpc) is 2.84. The largest absolute Gasteiger partial charge is 0.396 e. The molecule has 0 saturated carbocycles. The quantitative estimate of drug-likeness (QED) is 0.815. The molecule has 0 spiro atoms. The first kappa shape index (κ1) is 11.2. The molecule has 0 bridgehead atoms. The van der Waals surface area contributed by atoms with Gasteiger partial charge in [0.05, 0.1) is 0 Å². The van der Waals surface area contributed by atoms with Crippen LogP contribution in [0, 0.1) is 5.92 Å². The van der Waals surface area contributed by atoms with Gasteiger partial charge in [-0.3, -0.25) is 0 Å². The summed E-state index contributed by atoms with van der Waals surface area (Å²) in [5.74, 6) is 0.620. The zero-order chi connectivity index (χ0) is 11.4. The lowest BCUT2D eigenvalue weighted by Crippen LogP contribution is -2.15. The van der Waals surface area contributed by atoms with E-state index < -0.39 is 0 Å². The summed E-state index contributed by atoms with van der Waals surface area (Å²) >= 11 is 0. The molecule has 1 aliphatic carbocycles. The monoisotopic (exact) mass is 214 g/mol. The molecule has 2 atom stereocenters. The highest BCUT2D eigenvalue weighted by atomic mass is 16.3. The molecule has 0 heterocycles. The Kier molecular flexibility index (Phi) is 3.58. The predicted molar refractivity (Wildman–Crippen MR) is 67.3 cm³/mol. The van der Waals surface area contributed by atoms with Gasteiger partial charge in [-0.05, 0) is 17.9 Å². The third-order valence-electron chi connectivity index (χ3n) is 3.22. The van der Waals surface area contributed by atoms with Crippen LogP contribution < -0.4 is 0 Å². The molecule has 1 aliphatic rings. The highest BCUT2D eigenvalue weighted by molar-refractivity contribution is 5.36. The number of allylic oxidation sites excluding steroid dienone is 4. The standard InChI is InChI=1S/C15H18O/c1-12(11-16)15(14-9-5-6-10-14)13-7-3-2-4-8-13/h2-9,12,15-16H,10-11H2,1H3/t12-,15-/m0/s1. The van der Waals surface area contributed by atoms with Crippen molar-refractivity contribution in [1.82, 2.24) is 0 Å². The molecule has 84 valence electrons. The SMILES string of the molecule is C[C@@H](CO)[C@H](C1=CC=CC1)c1ccccc1. The van der Waals surface area contributed by atoms with Crippen molar-refractivity contribution in [2.75, 3.05) is 6.61 Å². The van der Waals surface area contributed by atoms with E-state index in [1.807, 2.05) is 6.07 Å². The van der Waals surface area contributed by atoms with Crippen molar-refractivity contribution >= 4 is 0 Å². The Balaban J connectivity index is 2.28. The second-order valence-electron chi connectivity index (χ2n) is 4.42. The van der Waals surface area contributed by atoms with Gasteiger partial charge in [0.15, 0.2) is 0 Å². The predicted octanol–water partition coefficient (Wildman–Crippen LogP) is 3.28. The van der Waals surface area contributed by atoms with Crippen LogP contribution in [-0.4, -0.2) is 11.7 Å². The van der Waals surface area contributed by atoms with Crippen LogP contribution in [0.5, 0.6) is 0 Å². The Labute approximate surface area is 97.1 Å². The second-order valence-corrected chi connectivity index (χ2v) is 4.42. The van der Waals surface area contributed by atoms with Gasteiger partial charge >= 0.3 is 0 Å². The van der Waals surface area contributed by atoms with E-state index in [9.17, 15) is 5.11 Å². The Morgan fingerprint density at radius 2 is 2.00 bits per heavy atom. The maximum Gasteiger partial charge on any atom is 0.0465 e. The Bertz CT molecular complexity index is 389. The second kappa shape index (κ2) is 5.13. The van der Waals surface area contributed by atoms with Crippen LogP contribution in [-0.2, 0) is 0 Å². The molecule has 0 saturated heterocycles. The first-order valence-electron chi connectivity index (χ1n) is 5.84. The molecule has 0 amide bonds. The molecule has 16 heavy (non-hydrogen) atoms. The first-order chi connectivity index (χ1) is 7.83. The van der Waals surface area contributed by atoms with Crippen LogP contribution >= 0.6 is 0 Å². The third kappa shape index (κ3) is 2.25. The maximum atomic E-state index is 9.38. The number of hydrogen-bond donors (Lipinski definition) is 1. The van der Waals surface area contributed by atoms with Crippen LogP contribution in [0.1, 0.15) is 24.8 Å². The molecule has 1 N–H and O–H groups in total. The van der Waals surface area contributed by atoms with E-state index in [1.54, 1.807) is 0 Å². The third-order valence-corrected chi connectivity index (χ3v) is 3.22. The van der Waals surface area contributed by atoms with E-state index in [4.69, 9.17) is 0 Å². The normalized spacial score (nSPS) is 18.2. The van der Waals surface area contributed by atoms with Gasteiger partial charge in [-0.1, -0.05) is 61.1 Å². The van der Waals surface area contributed by atoms with E-state index in [0.29, 0.717) is 5.92 Å². The summed E-state index contributed by atoms with van der Waals surface area (Å²) in [5.41, 5.74) is 2.71. The number of rotatable bonds is 4. The molecule has 0 unspecified atom stereocenters. The Morgan fingerprint density at radius 3 is 2.56 bits per heavy atom. The zero-order valence-corrected chi connectivity index (χ0v) is 9.63. The fourth-order valence-corrected chi connectivity index (χ4v) is 2.37. The first-order valence-corrected chi connectivity index (χ1v) is 5.84. The van der Waals surface area contributed by atoms with Gasteiger partial charge in [0.2, 0.25) is 0 Å². The van der Waals surface area contributed by atoms with E-state index in [-0.39, 0.29) is 12.5 Å². The number of benzene rings is 1. The van der Waals surface area contributed by atoms with Crippen molar-refractivity contribution in [3.8, 4) is 0 Å². The summed E-state index contributed by atoms with van der Waals surface area (Å²) in [6.45, 7) is 2.34. The number of hydrogen-bond acceptors (Lipinski definition) is 1. The van der Waals surface area contributed by atoms with Gasteiger partial charge < -0.3 is 5.11 Å². The number of aliphatic hydroxyl groups is 1. The molecule has 0 aliphatic heterocycles. The molecular formula is C15H18O. The summed E-state index contributed by atoms with van der Waals surface area (Å²) < 4.78 is 0. The van der Waals surface area contributed by atoms with E-state index in [0.717, 1.165) is 6.42 Å². The van der Waals surface area contributed by atoms with Crippen molar-refractivity contribution in [3.63, 3.8) is 0 Å². The van der Waals surface area contributed by atoms with E-state index in [2.05, 4.69) is 49.4 Å². The minimum Gasteiger partial charge on any atom is -0.396 e. The summed E-state index contributed by atoms with van der Waals surface area (Å²) in [7, 11) is 0. The van der Waals surface area contributed by atoms with Gasteiger partial charge in [0.1, 0.15) is 0 Å². The molecule has 0 aromatic heterocycles. The van der Waals surface area contributed by atoms with Crippen LogP contribution in [0.25, 0.3) is 0 Å². The smallest absolute Gasteiger partial charge is 0.0465 e. The van der Waals surface area contributed by atoms with Gasteiger partial charge in [-0.15, -0.1) is 0 Å². The van der Waals surface area contributed by atoms with Gasteiger partial charge in [-0.25, -0.2) is 0 Å². The molecule has 0 fully saturated rings. The molecule has 1 aromatic carbocycles. The van der Waals surface area contributed by atoms with Crippen LogP contribution in [0.3, 0.4) is 0 Å². The van der Waals surface area contributed by atoms with Crippen molar-refractivity contribution in [1.29, 1.82) is 0 Å². The summed E-state index contributed by atoms with van der Waals surface area (Å²) in [4.78, 5) is 0. The minimum absolute atomic E-state index is 0.233. The highest BCUT2D eigenvalue weighted by Gasteiger charge is 2.22. The maximum absolute atomic E-state index is 9.38. The van der Waals surface area contributed by atoms with E-state index in [1.165, 1.54) is 11.1 Å². The lowest BCUT2D eigenvalue weighted by Gasteiger charge is -2.24. The lowest BCUT2D eigenvalue weighted by atomic mass is 9.81. The van der Waals surface area contributed by atoms with Crippen LogP contribution in [0.15, 0.2) is 54.1 Å². The van der Waals surface area contributed by atoms with Crippen LogP contribution in [0.4, 0.5) is 0 Å². The lowest BCUT2D eigenvalue weighted by molar-refractivity contribution is 0.224. The molecule has 1 heteroatoms.